The molecule has 2 aromatic carbocycles. The summed E-state index contributed by atoms with van der Waals surface area (Å²) >= 11 is 0. The van der Waals surface area contributed by atoms with Crippen LogP contribution in [0.2, 0.25) is 0 Å². The zero-order chi connectivity index (χ0) is 16.2. The maximum Gasteiger partial charge on any atom is 0.254 e. The van der Waals surface area contributed by atoms with E-state index in [-0.39, 0.29) is 6.61 Å². The molecule has 4 nitrogen and oxygen atoms in total. The molecule has 4 heteroatoms. The predicted molar refractivity (Wildman–Crippen MR) is 90.5 cm³/mol. The molecule has 0 unspecified atom stereocenters. The van der Waals surface area contributed by atoms with E-state index >= 15 is 0 Å². The third kappa shape index (κ3) is 3.22. The first-order chi connectivity index (χ1) is 11.2. The van der Waals surface area contributed by atoms with E-state index in [1.807, 2.05) is 42.5 Å². The van der Waals surface area contributed by atoms with Crippen LogP contribution >= 0.6 is 0 Å². The molecule has 0 aliphatic rings. The van der Waals surface area contributed by atoms with Crippen molar-refractivity contribution in [3.05, 3.63) is 60.4 Å². The van der Waals surface area contributed by atoms with Gasteiger partial charge in [0.2, 0.25) is 0 Å². The standard InChI is InChI=1S/C19H23N2O2/c1-3-20-15(2)21(19-12-8-7-11-18(19)20)13-16(22)14-23-17-9-5-4-6-10-17/h4-12,16,22H,3,13-14H2,1-2H3/q+1/t16-/m1/s1. The maximum absolute atomic E-state index is 10.4. The quantitative estimate of drug-likeness (QED) is 0.711. The highest BCUT2D eigenvalue weighted by Gasteiger charge is 2.22. The van der Waals surface area contributed by atoms with Crippen molar-refractivity contribution in [3.63, 3.8) is 0 Å². The fourth-order valence-electron chi connectivity index (χ4n) is 3.02. The second-order valence-corrected chi connectivity index (χ2v) is 5.67. The lowest BCUT2D eigenvalue weighted by Gasteiger charge is -2.11. The molecule has 1 heterocycles. The van der Waals surface area contributed by atoms with Crippen molar-refractivity contribution < 1.29 is 14.4 Å². The summed E-state index contributed by atoms with van der Waals surface area (Å²) in [6, 6.07) is 17.9. The SMILES string of the molecule is CCn1c(C)[n+](C[C@@H](O)COc2ccccc2)c2ccccc21. The van der Waals surface area contributed by atoms with Gasteiger partial charge < -0.3 is 9.84 Å². The van der Waals surface area contributed by atoms with Gasteiger partial charge in [0.05, 0.1) is 6.54 Å². The Bertz CT molecular complexity index is 781. The van der Waals surface area contributed by atoms with Crippen LogP contribution in [0.4, 0.5) is 0 Å². The van der Waals surface area contributed by atoms with Gasteiger partial charge in [-0.3, -0.25) is 0 Å². The van der Waals surface area contributed by atoms with Gasteiger partial charge in [-0.2, -0.15) is 0 Å². The van der Waals surface area contributed by atoms with Gasteiger partial charge in [0.25, 0.3) is 5.82 Å². The third-order valence-corrected chi connectivity index (χ3v) is 4.14. The number of imidazole rings is 1. The fourth-order valence-corrected chi connectivity index (χ4v) is 3.02. The van der Waals surface area contributed by atoms with E-state index in [0.29, 0.717) is 6.54 Å². The monoisotopic (exact) mass is 311 g/mol. The minimum absolute atomic E-state index is 0.280. The van der Waals surface area contributed by atoms with Crippen molar-refractivity contribution in [1.29, 1.82) is 0 Å². The molecular formula is C19H23N2O2+. The van der Waals surface area contributed by atoms with Gasteiger partial charge in [0.1, 0.15) is 25.0 Å². The zero-order valence-electron chi connectivity index (χ0n) is 13.6. The lowest BCUT2D eigenvalue weighted by Crippen LogP contribution is -2.44. The molecule has 0 saturated heterocycles. The van der Waals surface area contributed by atoms with Gasteiger partial charge in [0, 0.05) is 6.92 Å². The Morgan fingerprint density at radius 1 is 1.09 bits per heavy atom. The Balaban J connectivity index is 1.77. The van der Waals surface area contributed by atoms with Crippen molar-refractivity contribution in [2.24, 2.45) is 0 Å². The van der Waals surface area contributed by atoms with Gasteiger partial charge in [-0.15, -0.1) is 0 Å². The van der Waals surface area contributed by atoms with E-state index in [2.05, 4.69) is 35.1 Å². The molecule has 120 valence electrons. The Hall–Kier alpha value is -2.33. The summed E-state index contributed by atoms with van der Waals surface area (Å²) in [6.45, 7) is 5.94. The minimum atomic E-state index is -0.560. The zero-order valence-corrected chi connectivity index (χ0v) is 13.6. The number of ether oxygens (including phenoxy) is 1. The van der Waals surface area contributed by atoms with E-state index in [4.69, 9.17) is 4.74 Å². The molecule has 3 rings (SSSR count). The molecule has 0 spiro atoms. The molecule has 23 heavy (non-hydrogen) atoms. The van der Waals surface area contributed by atoms with Crippen molar-refractivity contribution in [2.45, 2.75) is 33.0 Å². The number of aryl methyl sites for hydroxylation is 1. The topological polar surface area (TPSA) is 38.3 Å². The van der Waals surface area contributed by atoms with Crippen molar-refractivity contribution >= 4 is 11.0 Å². The summed E-state index contributed by atoms with van der Waals surface area (Å²) in [7, 11) is 0. The lowest BCUT2D eigenvalue weighted by molar-refractivity contribution is -0.685. The average Bonchev–Trinajstić information content (AvgIpc) is 2.85. The minimum Gasteiger partial charge on any atom is -0.491 e. The van der Waals surface area contributed by atoms with Crippen LogP contribution in [0.5, 0.6) is 5.75 Å². The molecule has 0 aliphatic heterocycles. The number of hydrogen-bond acceptors (Lipinski definition) is 2. The summed E-state index contributed by atoms with van der Waals surface area (Å²) < 4.78 is 10.1. The molecule has 0 amide bonds. The van der Waals surface area contributed by atoms with E-state index in [9.17, 15) is 5.11 Å². The van der Waals surface area contributed by atoms with E-state index in [1.54, 1.807) is 0 Å². The molecular weight excluding hydrogens is 288 g/mol. The van der Waals surface area contributed by atoms with E-state index in [0.717, 1.165) is 23.6 Å². The maximum atomic E-state index is 10.4. The van der Waals surface area contributed by atoms with Crippen LogP contribution in [-0.2, 0) is 13.1 Å². The van der Waals surface area contributed by atoms with Crippen LogP contribution in [-0.4, -0.2) is 22.4 Å². The first kappa shape index (κ1) is 15.6. The lowest BCUT2D eigenvalue weighted by atomic mass is 10.3. The van der Waals surface area contributed by atoms with Gasteiger partial charge in [-0.1, -0.05) is 30.3 Å². The van der Waals surface area contributed by atoms with Gasteiger partial charge >= 0.3 is 0 Å². The van der Waals surface area contributed by atoms with Gasteiger partial charge in [-0.25, -0.2) is 9.13 Å². The number of para-hydroxylation sites is 3. The van der Waals surface area contributed by atoms with Crippen LogP contribution in [0.1, 0.15) is 12.7 Å². The normalized spacial score (nSPS) is 12.5. The second kappa shape index (κ2) is 6.84. The summed E-state index contributed by atoms with van der Waals surface area (Å²) in [6.07, 6.45) is -0.560. The van der Waals surface area contributed by atoms with Crippen molar-refractivity contribution in [2.75, 3.05) is 6.61 Å². The summed E-state index contributed by atoms with van der Waals surface area (Å²) in [5.74, 6) is 1.93. The molecule has 0 saturated carbocycles. The number of aromatic nitrogens is 2. The third-order valence-electron chi connectivity index (χ3n) is 4.14. The van der Waals surface area contributed by atoms with Crippen LogP contribution in [0.3, 0.4) is 0 Å². The number of rotatable bonds is 6. The van der Waals surface area contributed by atoms with Crippen molar-refractivity contribution in [1.82, 2.24) is 4.57 Å². The fraction of sp³-hybridized carbons (Fsp3) is 0.316. The molecule has 1 aromatic heterocycles. The molecule has 3 aromatic rings. The smallest absolute Gasteiger partial charge is 0.254 e. The van der Waals surface area contributed by atoms with Crippen LogP contribution in [0.15, 0.2) is 54.6 Å². The number of aliphatic hydroxyl groups excluding tert-OH is 1. The molecule has 1 N–H and O–H groups in total. The number of benzene rings is 2. The first-order valence-electron chi connectivity index (χ1n) is 8.04. The Morgan fingerprint density at radius 2 is 1.78 bits per heavy atom. The number of aliphatic hydroxyl groups is 1. The molecule has 0 aliphatic carbocycles. The van der Waals surface area contributed by atoms with E-state index < -0.39 is 6.10 Å². The van der Waals surface area contributed by atoms with Crippen LogP contribution in [0, 0.1) is 6.92 Å². The molecule has 1 atom stereocenters. The largest absolute Gasteiger partial charge is 0.491 e. The van der Waals surface area contributed by atoms with Crippen LogP contribution < -0.4 is 9.30 Å². The van der Waals surface area contributed by atoms with E-state index in [1.165, 1.54) is 5.52 Å². The summed E-state index contributed by atoms with van der Waals surface area (Å²) in [4.78, 5) is 0. The highest BCUT2D eigenvalue weighted by Crippen LogP contribution is 2.14. The van der Waals surface area contributed by atoms with Gasteiger partial charge in [0.15, 0.2) is 11.0 Å². The molecule has 0 fully saturated rings. The second-order valence-electron chi connectivity index (χ2n) is 5.67. The van der Waals surface area contributed by atoms with Crippen molar-refractivity contribution in [3.8, 4) is 5.75 Å². The first-order valence-corrected chi connectivity index (χ1v) is 8.04. The van der Waals surface area contributed by atoms with Crippen LogP contribution in [0.25, 0.3) is 11.0 Å². The number of nitrogens with zero attached hydrogens (tertiary/aromatic N) is 2. The Kier molecular flexibility index (Phi) is 4.63. The number of fused-ring (bicyclic) bond motifs is 1. The Morgan fingerprint density at radius 3 is 2.52 bits per heavy atom. The Labute approximate surface area is 136 Å². The predicted octanol–water partition coefficient (Wildman–Crippen LogP) is 2.70. The summed E-state index contributed by atoms with van der Waals surface area (Å²) in [5, 5.41) is 10.4. The molecule has 0 radical (unpaired) electrons. The number of hydrogen-bond donors (Lipinski definition) is 1. The highest BCUT2D eigenvalue weighted by atomic mass is 16.5. The highest BCUT2D eigenvalue weighted by molar-refractivity contribution is 5.72. The van der Waals surface area contributed by atoms with Gasteiger partial charge in [-0.05, 0) is 31.2 Å². The summed E-state index contributed by atoms with van der Waals surface area (Å²) in [5.41, 5.74) is 2.34. The average molecular weight is 311 g/mol. The molecule has 0 bridgehead atoms.